The number of H-pyrrole nitrogens is 1. The van der Waals surface area contributed by atoms with Crippen LogP contribution in [0.1, 0.15) is 29.2 Å². The number of fused-ring (bicyclic) bond motifs is 1. The molecular formula is C23H22N6O. The number of hydrogen-bond acceptors (Lipinski definition) is 5. The molecule has 1 saturated heterocycles. The number of amides is 1. The predicted octanol–water partition coefficient (Wildman–Crippen LogP) is 3.51. The lowest BCUT2D eigenvalue weighted by atomic mass is 9.93. The minimum Gasteiger partial charge on any atom is -0.337 e. The second-order valence-corrected chi connectivity index (χ2v) is 7.67. The zero-order valence-electron chi connectivity index (χ0n) is 16.5. The van der Waals surface area contributed by atoms with E-state index in [1.807, 2.05) is 53.4 Å². The third-order valence-corrected chi connectivity index (χ3v) is 5.67. The van der Waals surface area contributed by atoms with Crippen LogP contribution in [0.5, 0.6) is 0 Å². The van der Waals surface area contributed by atoms with Crippen LogP contribution >= 0.6 is 0 Å². The van der Waals surface area contributed by atoms with Gasteiger partial charge in [-0.3, -0.25) is 14.9 Å². The van der Waals surface area contributed by atoms with Crippen molar-refractivity contribution in [1.82, 2.24) is 30.0 Å². The monoisotopic (exact) mass is 398 g/mol. The van der Waals surface area contributed by atoms with Crippen LogP contribution in [0.15, 0.2) is 60.9 Å². The predicted molar refractivity (Wildman–Crippen MR) is 114 cm³/mol. The number of aromatic nitrogens is 5. The van der Waals surface area contributed by atoms with Gasteiger partial charge < -0.3 is 4.90 Å². The number of piperidine rings is 1. The number of rotatable bonds is 4. The van der Waals surface area contributed by atoms with Gasteiger partial charge in [0.1, 0.15) is 11.5 Å². The lowest BCUT2D eigenvalue weighted by Crippen LogP contribution is -2.39. The van der Waals surface area contributed by atoms with Gasteiger partial charge in [-0.25, -0.2) is 9.97 Å². The van der Waals surface area contributed by atoms with Crippen molar-refractivity contribution in [3.63, 3.8) is 0 Å². The molecule has 4 aromatic rings. The standard InChI is InChI=1S/C23H22N6O/c30-23(20-6-5-17-3-1-2-4-19(17)25-20)29-13-9-16(10-14-29)15-21-26-22(28-27-21)18-7-11-24-12-8-18/h1-8,11-12,16H,9-10,13-15H2,(H,26,27,28). The third-order valence-electron chi connectivity index (χ3n) is 5.67. The SMILES string of the molecule is O=C(c1ccc2ccccc2n1)N1CCC(Cc2nc(-c3ccncc3)n[nH]2)CC1. The fraction of sp³-hybridized carbons (Fsp3) is 0.261. The maximum Gasteiger partial charge on any atom is 0.272 e. The largest absolute Gasteiger partial charge is 0.337 e. The third kappa shape index (κ3) is 3.78. The molecule has 7 heteroatoms. The van der Waals surface area contributed by atoms with E-state index in [1.165, 1.54) is 0 Å². The van der Waals surface area contributed by atoms with Crippen LogP contribution in [0.25, 0.3) is 22.3 Å². The van der Waals surface area contributed by atoms with Gasteiger partial charge >= 0.3 is 0 Å². The van der Waals surface area contributed by atoms with Crippen LogP contribution in [-0.2, 0) is 6.42 Å². The molecule has 3 aromatic heterocycles. The zero-order chi connectivity index (χ0) is 20.3. The first kappa shape index (κ1) is 18.4. The molecule has 0 aliphatic carbocycles. The molecule has 0 unspecified atom stereocenters. The van der Waals surface area contributed by atoms with E-state index in [4.69, 9.17) is 0 Å². The van der Waals surface area contributed by atoms with Gasteiger partial charge in [-0.2, -0.15) is 5.10 Å². The highest BCUT2D eigenvalue weighted by atomic mass is 16.2. The van der Waals surface area contributed by atoms with Crippen molar-refractivity contribution in [2.75, 3.05) is 13.1 Å². The van der Waals surface area contributed by atoms with Crippen LogP contribution in [0.3, 0.4) is 0 Å². The Kier molecular flexibility index (Phi) is 4.93. The zero-order valence-corrected chi connectivity index (χ0v) is 16.5. The first-order valence-corrected chi connectivity index (χ1v) is 10.2. The average Bonchev–Trinajstić information content (AvgIpc) is 3.28. The highest BCUT2D eigenvalue weighted by Crippen LogP contribution is 2.23. The summed E-state index contributed by atoms with van der Waals surface area (Å²) >= 11 is 0. The number of para-hydroxylation sites is 1. The molecule has 150 valence electrons. The fourth-order valence-corrected chi connectivity index (χ4v) is 3.98. The van der Waals surface area contributed by atoms with Crippen molar-refractivity contribution in [2.24, 2.45) is 5.92 Å². The van der Waals surface area contributed by atoms with E-state index in [2.05, 4.69) is 25.1 Å². The van der Waals surface area contributed by atoms with E-state index in [0.717, 1.165) is 54.6 Å². The molecule has 1 aliphatic rings. The Morgan fingerprint density at radius 1 is 1.00 bits per heavy atom. The van der Waals surface area contributed by atoms with Crippen molar-refractivity contribution in [3.05, 3.63) is 72.4 Å². The molecule has 30 heavy (non-hydrogen) atoms. The van der Waals surface area contributed by atoms with Gasteiger partial charge in [-0.1, -0.05) is 24.3 Å². The number of benzene rings is 1. The van der Waals surface area contributed by atoms with Crippen molar-refractivity contribution >= 4 is 16.8 Å². The summed E-state index contributed by atoms with van der Waals surface area (Å²) in [5, 5.41) is 8.43. The number of likely N-dealkylation sites (tertiary alicyclic amines) is 1. The molecule has 7 nitrogen and oxygen atoms in total. The summed E-state index contributed by atoms with van der Waals surface area (Å²) in [4.78, 5) is 28.0. The Hall–Kier alpha value is -3.61. The molecule has 1 N–H and O–H groups in total. The van der Waals surface area contributed by atoms with E-state index in [-0.39, 0.29) is 5.91 Å². The maximum absolute atomic E-state index is 12.9. The molecule has 0 saturated carbocycles. The first-order valence-electron chi connectivity index (χ1n) is 10.2. The normalized spacial score (nSPS) is 14.9. The number of nitrogens with zero attached hydrogens (tertiary/aromatic N) is 5. The van der Waals surface area contributed by atoms with Crippen molar-refractivity contribution in [2.45, 2.75) is 19.3 Å². The van der Waals surface area contributed by atoms with Gasteiger partial charge in [0.25, 0.3) is 5.91 Å². The molecule has 0 spiro atoms. The second-order valence-electron chi connectivity index (χ2n) is 7.67. The minimum absolute atomic E-state index is 0.0128. The first-order chi connectivity index (χ1) is 14.8. The molecule has 1 amide bonds. The highest BCUT2D eigenvalue weighted by Gasteiger charge is 2.25. The molecule has 4 heterocycles. The molecule has 5 rings (SSSR count). The lowest BCUT2D eigenvalue weighted by molar-refractivity contribution is 0.0684. The van der Waals surface area contributed by atoms with Crippen molar-refractivity contribution in [1.29, 1.82) is 0 Å². The smallest absolute Gasteiger partial charge is 0.272 e. The Morgan fingerprint density at radius 2 is 1.80 bits per heavy atom. The fourth-order valence-electron chi connectivity index (χ4n) is 3.98. The average molecular weight is 398 g/mol. The van der Waals surface area contributed by atoms with E-state index < -0.39 is 0 Å². The maximum atomic E-state index is 12.9. The molecule has 1 aromatic carbocycles. The van der Waals surface area contributed by atoms with Gasteiger partial charge in [0.15, 0.2) is 5.82 Å². The Balaban J connectivity index is 1.20. The summed E-state index contributed by atoms with van der Waals surface area (Å²) in [6.07, 6.45) is 6.22. The minimum atomic E-state index is 0.0128. The van der Waals surface area contributed by atoms with E-state index in [0.29, 0.717) is 17.4 Å². The van der Waals surface area contributed by atoms with E-state index in [1.54, 1.807) is 12.4 Å². The van der Waals surface area contributed by atoms with Gasteiger partial charge in [-0.15, -0.1) is 0 Å². The Morgan fingerprint density at radius 3 is 2.63 bits per heavy atom. The number of carbonyl (C=O) groups is 1. The van der Waals surface area contributed by atoms with E-state index >= 15 is 0 Å². The molecule has 1 fully saturated rings. The summed E-state index contributed by atoms with van der Waals surface area (Å²) in [6, 6.07) is 15.5. The van der Waals surface area contributed by atoms with Crippen molar-refractivity contribution < 1.29 is 4.79 Å². The second kappa shape index (κ2) is 8.02. The molecule has 0 bridgehead atoms. The van der Waals surface area contributed by atoms with Gasteiger partial charge in [0.2, 0.25) is 0 Å². The molecule has 0 atom stereocenters. The quantitative estimate of drug-likeness (QED) is 0.568. The summed E-state index contributed by atoms with van der Waals surface area (Å²) < 4.78 is 0. The number of carbonyl (C=O) groups excluding carboxylic acids is 1. The Bertz CT molecular complexity index is 1160. The topological polar surface area (TPSA) is 87.7 Å². The van der Waals surface area contributed by atoms with Crippen molar-refractivity contribution in [3.8, 4) is 11.4 Å². The number of hydrogen-bond donors (Lipinski definition) is 1. The summed E-state index contributed by atoms with van der Waals surface area (Å²) in [5.74, 6) is 2.08. The summed E-state index contributed by atoms with van der Waals surface area (Å²) in [7, 11) is 0. The van der Waals surface area contributed by atoms with E-state index in [9.17, 15) is 4.79 Å². The van der Waals surface area contributed by atoms with Gasteiger partial charge in [-0.05, 0) is 43.0 Å². The molecular weight excluding hydrogens is 376 g/mol. The van der Waals surface area contributed by atoms with Gasteiger partial charge in [0, 0.05) is 42.9 Å². The lowest BCUT2D eigenvalue weighted by Gasteiger charge is -2.31. The van der Waals surface area contributed by atoms with Crippen LogP contribution in [0.4, 0.5) is 0 Å². The van der Waals surface area contributed by atoms with Crippen LogP contribution < -0.4 is 0 Å². The Labute approximate surface area is 174 Å². The molecule has 1 aliphatic heterocycles. The van der Waals surface area contributed by atoms with Gasteiger partial charge in [0.05, 0.1) is 5.52 Å². The number of nitrogens with one attached hydrogen (secondary N) is 1. The van der Waals surface area contributed by atoms with Crippen LogP contribution in [-0.4, -0.2) is 49.0 Å². The summed E-state index contributed by atoms with van der Waals surface area (Å²) in [6.45, 7) is 1.48. The summed E-state index contributed by atoms with van der Waals surface area (Å²) in [5.41, 5.74) is 2.33. The highest BCUT2D eigenvalue weighted by molar-refractivity contribution is 5.94. The molecule has 0 radical (unpaired) electrons. The van der Waals surface area contributed by atoms with Crippen LogP contribution in [0.2, 0.25) is 0 Å². The number of aromatic amines is 1. The van der Waals surface area contributed by atoms with Crippen LogP contribution in [0, 0.1) is 5.92 Å². The number of pyridine rings is 2.